The van der Waals surface area contributed by atoms with Crippen molar-refractivity contribution < 1.29 is 18.6 Å². The zero-order chi connectivity index (χ0) is 10.3. The second-order valence-electron chi connectivity index (χ2n) is 2.72. The largest absolute Gasteiger partial charge is 0.457 e. The average molecular weight is 239 g/mol. The maximum absolute atomic E-state index is 12.7. The van der Waals surface area contributed by atoms with Crippen molar-refractivity contribution in [3.8, 4) is 5.75 Å². The molecule has 0 atom stereocenters. The fourth-order valence-electron chi connectivity index (χ4n) is 1.13. The minimum Gasteiger partial charge on any atom is -0.423 e. The van der Waals surface area contributed by atoms with Gasteiger partial charge in [0, 0.05) is 5.02 Å². The van der Waals surface area contributed by atoms with Crippen molar-refractivity contribution in [1.82, 2.24) is 0 Å². The van der Waals surface area contributed by atoms with Gasteiger partial charge in [-0.2, -0.15) is 8.78 Å². The highest BCUT2D eigenvalue weighted by Gasteiger charge is 2.41. The minimum atomic E-state index is -3.24. The highest BCUT2D eigenvalue weighted by molar-refractivity contribution is 8.00. The molecular formula is C8H5ClF2O2S. The van der Waals surface area contributed by atoms with Gasteiger partial charge in [0.05, 0.1) is 11.5 Å². The summed E-state index contributed by atoms with van der Waals surface area (Å²) in [6.07, 6.45) is 0. The smallest absolute Gasteiger partial charge is 0.423 e. The van der Waals surface area contributed by atoms with Crippen LogP contribution >= 0.6 is 23.4 Å². The lowest BCUT2D eigenvalue weighted by Crippen LogP contribution is -2.13. The Labute approximate surface area is 87.8 Å². The Morgan fingerprint density at radius 3 is 2.86 bits per heavy atom. The van der Waals surface area contributed by atoms with Crippen LogP contribution in [0.4, 0.5) is 8.78 Å². The number of fused-ring (bicyclic) bond motifs is 1. The van der Waals surface area contributed by atoms with Crippen LogP contribution in [0.2, 0.25) is 5.02 Å². The molecule has 0 saturated carbocycles. The van der Waals surface area contributed by atoms with E-state index in [1.54, 1.807) is 0 Å². The number of aliphatic hydroxyl groups is 1. The monoisotopic (exact) mass is 238 g/mol. The van der Waals surface area contributed by atoms with Gasteiger partial charge in [0.2, 0.25) is 0 Å². The molecule has 1 aromatic carbocycles. The first-order valence-electron chi connectivity index (χ1n) is 3.71. The Morgan fingerprint density at radius 1 is 1.50 bits per heavy atom. The zero-order valence-corrected chi connectivity index (χ0v) is 8.33. The standard InChI is InChI=1S/C8H5ClF2O2S/c9-5-2-7-6(1-4(5)3-12)13-8(10,11)14-7/h1-2,12H,3H2. The van der Waals surface area contributed by atoms with Crippen LogP contribution < -0.4 is 4.74 Å². The molecule has 14 heavy (non-hydrogen) atoms. The number of hydrogen-bond donors (Lipinski definition) is 1. The van der Waals surface area contributed by atoms with E-state index in [2.05, 4.69) is 4.74 Å². The second-order valence-corrected chi connectivity index (χ2v) is 4.24. The molecule has 0 aliphatic carbocycles. The van der Waals surface area contributed by atoms with Crippen LogP contribution in [0.25, 0.3) is 0 Å². The van der Waals surface area contributed by atoms with Crippen molar-refractivity contribution in [3.05, 3.63) is 22.7 Å². The highest BCUT2D eigenvalue weighted by Crippen LogP contribution is 2.50. The van der Waals surface area contributed by atoms with Crippen LogP contribution in [0.5, 0.6) is 5.75 Å². The molecular weight excluding hydrogens is 234 g/mol. The third-order valence-corrected chi connectivity index (χ3v) is 2.95. The number of aliphatic hydroxyl groups excluding tert-OH is 1. The lowest BCUT2D eigenvalue weighted by Gasteiger charge is -2.05. The molecule has 0 fully saturated rings. The summed E-state index contributed by atoms with van der Waals surface area (Å²) in [5.41, 5.74) is -2.86. The summed E-state index contributed by atoms with van der Waals surface area (Å²) in [6, 6.07) is 2.69. The van der Waals surface area contributed by atoms with Gasteiger partial charge in [0.1, 0.15) is 5.75 Å². The Balaban J connectivity index is 2.44. The predicted molar refractivity (Wildman–Crippen MR) is 48.8 cm³/mol. The van der Waals surface area contributed by atoms with Crippen molar-refractivity contribution in [1.29, 1.82) is 0 Å². The molecule has 0 amide bonds. The molecule has 0 unspecified atom stereocenters. The lowest BCUT2D eigenvalue weighted by molar-refractivity contribution is -0.0822. The van der Waals surface area contributed by atoms with Crippen LogP contribution in [0.15, 0.2) is 17.0 Å². The van der Waals surface area contributed by atoms with Gasteiger partial charge in [-0.3, -0.25) is 0 Å². The first-order chi connectivity index (χ1) is 6.52. The van der Waals surface area contributed by atoms with Crippen LogP contribution in [0.3, 0.4) is 0 Å². The molecule has 1 aliphatic rings. The van der Waals surface area contributed by atoms with Gasteiger partial charge in [-0.25, -0.2) is 0 Å². The number of ether oxygens (including phenoxy) is 1. The summed E-state index contributed by atoms with van der Waals surface area (Å²) in [4.78, 5) is 0.289. The molecule has 0 spiro atoms. The average Bonchev–Trinajstić information content (AvgIpc) is 2.36. The molecule has 0 aromatic heterocycles. The molecule has 76 valence electrons. The van der Waals surface area contributed by atoms with Gasteiger partial charge in [-0.15, -0.1) is 0 Å². The summed E-state index contributed by atoms with van der Waals surface area (Å²) in [7, 11) is 0. The van der Waals surface area contributed by atoms with E-state index < -0.39 is 5.44 Å². The minimum absolute atomic E-state index is 0.0634. The van der Waals surface area contributed by atoms with E-state index in [1.165, 1.54) is 12.1 Å². The number of rotatable bonds is 1. The summed E-state index contributed by atoms with van der Waals surface area (Å²) >= 11 is 6.03. The normalized spacial score (nSPS) is 17.7. The van der Waals surface area contributed by atoms with Crippen LogP contribution in [-0.4, -0.2) is 10.5 Å². The Kier molecular flexibility index (Phi) is 2.33. The van der Waals surface area contributed by atoms with E-state index >= 15 is 0 Å². The number of halogens is 3. The Bertz CT molecular complexity index is 384. The van der Waals surface area contributed by atoms with E-state index in [4.69, 9.17) is 16.7 Å². The van der Waals surface area contributed by atoms with Gasteiger partial charge < -0.3 is 9.84 Å². The van der Waals surface area contributed by atoms with Gasteiger partial charge in [-0.05, 0) is 29.5 Å². The Hall–Kier alpha value is -0.520. The molecule has 1 N–H and O–H groups in total. The molecule has 1 aromatic rings. The SMILES string of the molecule is OCc1cc2c(cc1Cl)SC(F)(F)O2. The van der Waals surface area contributed by atoms with E-state index in [0.717, 1.165) is 0 Å². The summed E-state index contributed by atoms with van der Waals surface area (Å²) in [6.45, 7) is -0.300. The first-order valence-corrected chi connectivity index (χ1v) is 4.90. The van der Waals surface area contributed by atoms with Crippen molar-refractivity contribution in [2.75, 3.05) is 0 Å². The predicted octanol–water partition coefficient (Wildman–Crippen LogP) is 2.87. The zero-order valence-electron chi connectivity index (χ0n) is 6.76. The number of alkyl halides is 2. The lowest BCUT2D eigenvalue weighted by atomic mass is 10.2. The van der Waals surface area contributed by atoms with Crippen LogP contribution in [0, 0.1) is 0 Å². The fourth-order valence-corrected chi connectivity index (χ4v) is 2.19. The van der Waals surface area contributed by atoms with Crippen molar-refractivity contribution >= 4 is 23.4 Å². The van der Waals surface area contributed by atoms with E-state index in [1.807, 2.05) is 0 Å². The quantitative estimate of drug-likeness (QED) is 0.816. The maximum atomic E-state index is 12.7. The second kappa shape index (κ2) is 3.25. The van der Waals surface area contributed by atoms with Crippen LogP contribution in [-0.2, 0) is 6.61 Å². The molecule has 1 heterocycles. The van der Waals surface area contributed by atoms with Crippen molar-refractivity contribution in [2.24, 2.45) is 0 Å². The molecule has 2 rings (SSSR count). The highest BCUT2D eigenvalue weighted by atomic mass is 35.5. The fraction of sp³-hybridized carbons (Fsp3) is 0.250. The third kappa shape index (κ3) is 1.67. The third-order valence-electron chi connectivity index (χ3n) is 1.74. The first kappa shape index (κ1) is 10.0. The molecule has 6 heteroatoms. The molecule has 0 radical (unpaired) electrons. The summed E-state index contributed by atoms with van der Waals surface area (Å²) in [5, 5.41) is 9.11. The number of hydrogen-bond acceptors (Lipinski definition) is 3. The number of benzene rings is 1. The molecule has 0 bridgehead atoms. The van der Waals surface area contributed by atoms with E-state index in [-0.39, 0.29) is 22.3 Å². The van der Waals surface area contributed by atoms with Crippen LogP contribution in [0.1, 0.15) is 5.56 Å². The van der Waals surface area contributed by atoms with Gasteiger partial charge in [-0.1, -0.05) is 11.6 Å². The van der Waals surface area contributed by atoms with Gasteiger partial charge >= 0.3 is 5.44 Å². The summed E-state index contributed by atoms with van der Waals surface area (Å²) < 4.78 is 29.8. The van der Waals surface area contributed by atoms with Gasteiger partial charge in [0.15, 0.2) is 0 Å². The molecule has 0 saturated heterocycles. The Morgan fingerprint density at radius 2 is 2.21 bits per heavy atom. The topological polar surface area (TPSA) is 29.5 Å². The maximum Gasteiger partial charge on any atom is 0.457 e. The van der Waals surface area contributed by atoms with E-state index in [9.17, 15) is 8.78 Å². The van der Waals surface area contributed by atoms with Crippen molar-refractivity contribution in [2.45, 2.75) is 16.9 Å². The van der Waals surface area contributed by atoms with E-state index in [0.29, 0.717) is 17.3 Å². The van der Waals surface area contributed by atoms with Crippen molar-refractivity contribution in [3.63, 3.8) is 0 Å². The summed E-state index contributed by atoms with van der Waals surface area (Å²) in [5.74, 6) is 0.0634. The molecule has 1 aliphatic heterocycles. The van der Waals surface area contributed by atoms with Gasteiger partial charge in [0.25, 0.3) is 0 Å². The number of thioether (sulfide) groups is 1. The molecule has 2 nitrogen and oxygen atoms in total.